The lowest BCUT2D eigenvalue weighted by molar-refractivity contribution is -0.00519. The van der Waals surface area contributed by atoms with Crippen LogP contribution in [0.15, 0.2) is 24.2 Å². The Morgan fingerprint density at radius 2 is 1.59 bits per heavy atom. The fraction of sp³-hybridized carbons (Fsp3) is 0.647. The zero-order chi connectivity index (χ0) is 12.3. The van der Waals surface area contributed by atoms with Crippen LogP contribution in [0.25, 0.3) is 0 Å². The van der Waals surface area contributed by atoms with E-state index in [-0.39, 0.29) is 0 Å². The molecule has 1 aromatic rings. The first-order valence-electron chi connectivity index (χ1n) is 7.72. The summed E-state index contributed by atoms with van der Waals surface area (Å²) in [6, 6.07) is 7.39. The molecule has 0 atom stereocenters. The van der Waals surface area contributed by atoms with E-state index in [0.717, 1.165) is 29.4 Å². The normalized spacial score (nSPS) is 43.8. The molecule has 0 heterocycles. The van der Waals surface area contributed by atoms with Gasteiger partial charge in [0.2, 0.25) is 0 Å². The highest BCUT2D eigenvalue weighted by Crippen LogP contribution is 2.60. The van der Waals surface area contributed by atoms with Crippen molar-refractivity contribution in [3.05, 3.63) is 35.4 Å². The minimum Gasteiger partial charge on any atom is -0.0590 e. The van der Waals surface area contributed by atoms with Gasteiger partial charge in [-0.05, 0) is 74.2 Å². The maximum Gasteiger partial charge on any atom is 0.0626 e. The van der Waals surface area contributed by atoms with E-state index in [1.165, 1.54) is 44.1 Å². The van der Waals surface area contributed by atoms with Crippen LogP contribution in [0.3, 0.4) is 0 Å². The molecule has 0 nitrogen and oxygen atoms in total. The second-order valence-electron chi connectivity index (χ2n) is 6.96. The standard InChI is InChI=1S/C17H22/c1-12-2-4-16(5-3-12)17-9-13-6-14(10-17)8-15(7-13)11-17/h2-5,13-15H,6-11H2,1H3/i2T. The third kappa shape index (κ3) is 1.49. The molecule has 90 valence electrons. The Bertz CT molecular complexity index is 453. The van der Waals surface area contributed by atoms with E-state index in [1.54, 1.807) is 0 Å². The molecule has 17 heavy (non-hydrogen) atoms. The third-order valence-electron chi connectivity index (χ3n) is 5.62. The van der Waals surface area contributed by atoms with E-state index < -0.39 is 0 Å². The van der Waals surface area contributed by atoms with Crippen LogP contribution >= 0.6 is 0 Å². The predicted octanol–water partition coefficient (Wildman–Crippen LogP) is 4.46. The molecular weight excluding hydrogens is 204 g/mol. The van der Waals surface area contributed by atoms with Gasteiger partial charge in [-0.1, -0.05) is 29.8 Å². The van der Waals surface area contributed by atoms with Crippen LogP contribution in [0.4, 0.5) is 0 Å². The molecule has 0 unspecified atom stereocenters. The Balaban J connectivity index is 1.76. The van der Waals surface area contributed by atoms with Crippen molar-refractivity contribution < 1.29 is 1.37 Å². The Morgan fingerprint density at radius 1 is 1.00 bits per heavy atom. The lowest BCUT2D eigenvalue weighted by atomic mass is 9.48. The summed E-state index contributed by atoms with van der Waals surface area (Å²) in [5, 5.41) is 0. The maximum atomic E-state index is 8.07. The first-order chi connectivity index (χ1) is 8.64. The van der Waals surface area contributed by atoms with Gasteiger partial charge in [-0.3, -0.25) is 0 Å². The SMILES string of the molecule is [3H]c1cc(C23CC4CC(CC(C4)C2)C3)ccc1C. The van der Waals surface area contributed by atoms with Gasteiger partial charge in [0.05, 0.1) is 1.37 Å². The van der Waals surface area contributed by atoms with Crippen molar-refractivity contribution in [1.82, 2.24) is 0 Å². The van der Waals surface area contributed by atoms with Crippen molar-refractivity contribution in [1.29, 1.82) is 0 Å². The third-order valence-corrected chi connectivity index (χ3v) is 5.62. The molecule has 0 aromatic heterocycles. The summed E-state index contributed by atoms with van der Waals surface area (Å²) in [7, 11) is 0. The van der Waals surface area contributed by atoms with Gasteiger partial charge < -0.3 is 0 Å². The van der Waals surface area contributed by atoms with E-state index >= 15 is 0 Å². The lowest BCUT2D eigenvalue weighted by Gasteiger charge is -2.57. The zero-order valence-electron chi connectivity index (χ0n) is 11.7. The fourth-order valence-electron chi connectivity index (χ4n) is 5.30. The minimum absolute atomic E-state index is 0.457. The fourth-order valence-corrected chi connectivity index (χ4v) is 5.30. The van der Waals surface area contributed by atoms with Gasteiger partial charge in [-0.2, -0.15) is 0 Å². The molecule has 4 aliphatic carbocycles. The second-order valence-corrected chi connectivity index (χ2v) is 6.96. The van der Waals surface area contributed by atoms with Crippen LogP contribution in [0, 0.1) is 24.7 Å². The van der Waals surface area contributed by atoms with Crippen LogP contribution < -0.4 is 0 Å². The zero-order valence-corrected chi connectivity index (χ0v) is 10.7. The summed E-state index contributed by atoms with van der Waals surface area (Å²) in [6.45, 7) is 2.05. The van der Waals surface area contributed by atoms with Crippen molar-refractivity contribution in [3.63, 3.8) is 0 Å². The number of aryl methyl sites for hydroxylation is 1. The second kappa shape index (κ2) is 3.37. The Morgan fingerprint density at radius 3 is 2.12 bits per heavy atom. The molecule has 4 aliphatic rings. The van der Waals surface area contributed by atoms with Gasteiger partial charge in [0.25, 0.3) is 0 Å². The first kappa shape index (κ1) is 9.19. The number of benzene rings is 1. The molecule has 0 aliphatic heterocycles. The Hall–Kier alpha value is -0.780. The van der Waals surface area contributed by atoms with Gasteiger partial charge >= 0.3 is 0 Å². The summed E-state index contributed by atoms with van der Waals surface area (Å²) in [4.78, 5) is 0. The van der Waals surface area contributed by atoms with E-state index in [9.17, 15) is 0 Å². The molecule has 0 heteroatoms. The summed E-state index contributed by atoms with van der Waals surface area (Å²) < 4.78 is 8.07. The molecule has 0 N–H and O–H groups in total. The number of hydrogen-bond acceptors (Lipinski definition) is 0. The summed E-state index contributed by atoms with van der Waals surface area (Å²) in [5.41, 5.74) is 3.05. The van der Waals surface area contributed by atoms with Crippen LogP contribution in [-0.2, 0) is 5.41 Å². The van der Waals surface area contributed by atoms with Gasteiger partial charge in [0.15, 0.2) is 0 Å². The molecular formula is C17H22. The highest BCUT2D eigenvalue weighted by Gasteiger charge is 2.51. The molecule has 4 bridgehead atoms. The summed E-state index contributed by atoms with van der Waals surface area (Å²) in [5.74, 6) is 2.98. The topological polar surface area (TPSA) is 0 Å². The molecule has 0 amide bonds. The first-order valence-corrected chi connectivity index (χ1v) is 7.22. The van der Waals surface area contributed by atoms with E-state index in [2.05, 4.69) is 18.2 Å². The maximum absolute atomic E-state index is 8.07. The highest BCUT2D eigenvalue weighted by atomic mass is 14.6. The quantitative estimate of drug-likeness (QED) is 0.665. The Kier molecular flexibility index (Phi) is 1.82. The van der Waals surface area contributed by atoms with Crippen LogP contribution in [-0.4, -0.2) is 0 Å². The largest absolute Gasteiger partial charge is 0.0626 e. The molecule has 5 rings (SSSR count). The molecule has 1 aromatic carbocycles. The van der Waals surface area contributed by atoms with Gasteiger partial charge in [-0.25, -0.2) is 0 Å². The predicted molar refractivity (Wildman–Crippen MR) is 71.0 cm³/mol. The Labute approximate surface area is 106 Å². The average molecular weight is 228 g/mol. The molecule has 0 spiro atoms. The van der Waals surface area contributed by atoms with Crippen LogP contribution in [0.1, 0.15) is 51.0 Å². The minimum atomic E-state index is 0.457. The number of hydrogen-bond donors (Lipinski definition) is 0. The lowest BCUT2D eigenvalue weighted by Crippen LogP contribution is -2.48. The summed E-state index contributed by atoms with van der Waals surface area (Å²) in [6.07, 6.45) is 8.71. The van der Waals surface area contributed by atoms with Gasteiger partial charge in [0.1, 0.15) is 0 Å². The molecule has 0 saturated heterocycles. The van der Waals surface area contributed by atoms with E-state index in [0.29, 0.717) is 5.41 Å². The van der Waals surface area contributed by atoms with E-state index in [4.69, 9.17) is 1.37 Å². The smallest absolute Gasteiger partial charge is 0.0590 e. The molecule has 0 radical (unpaired) electrons. The van der Waals surface area contributed by atoms with Crippen LogP contribution in [0.2, 0.25) is 0 Å². The van der Waals surface area contributed by atoms with Crippen molar-refractivity contribution in [2.24, 2.45) is 17.8 Å². The van der Waals surface area contributed by atoms with Crippen molar-refractivity contribution in [3.8, 4) is 0 Å². The molecule has 4 fully saturated rings. The summed E-state index contributed by atoms with van der Waals surface area (Å²) >= 11 is 0. The highest BCUT2D eigenvalue weighted by molar-refractivity contribution is 5.31. The van der Waals surface area contributed by atoms with Crippen molar-refractivity contribution in [2.45, 2.75) is 50.9 Å². The molecule has 4 saturated carbocycles. The van der Waals surface area contributed by atoms with Gasteiger partial charge in [0, 0.05) is 0 Å². The monoisotopic (exact) mass is 228 g/mol. The average Bonchev–Trinajstić information content (AvgIpc) is 2.31. The van der Waals surface area contributed by atoms with Gasteiger partial charge in [-0.15, -0.1) is 0 Å². The number of rotatable bonds is 1. The van der Waals surface area contributed by atoms with Crippen molar-refractivity contribution >= 4 is 0 Å². The van der Waals surface area contributed by atoms with Crippen molar-refractivity contribution in [2.75, 3.05) is 0 Å². The van der Waals surface area contributed by atoms with Crippen LogP contribution in [0.5, 0.6) is 0 Å². The van der Waals surface area contributed by atoms with E-state index in [1.807, 2.05) is 6.92 Å².